The Morgan fingerprint density at radius 2 is 2.10 bits per heavy atom. The molecule has 0 aliphatic heterocycles. The summed E-state index contributed by atoms with van der Waals surface area (Å²) < 4.78 is 42.6. The molecule has 0 unspecified atom stereocenters. The molecule has 1 aromatic heterocycles. The summed E-state index contributed by atoms with van der Waals surface area (Å²) >= 11 is 1.00. The van der Waals surface area contributed by atoms with Crippen LogP contribution in [0, 0.1) is 6.92 Å². The van der Waals surface area contributed by atoms with E-state index in [-0.39, 0.29) is 10.6 Å². The van der Waals surface area contributed by atoms with Gasteiger partial charge in [-0.25, -0.2) is 9.78 Å². The van der Waals surface area contributed by atoms with Crippen molar-refractivity contribution >= 4 is 28.1 Å². The van der Waals surface area contributed by atoms with E-state index in [1.165, 1.54) is 19.4 Å². The SMILES string of the molecule is COC(=O)c1cnc(Nc2cc(C(F)(F)F)ccc2C)s1. The van der Waals surface area contributed by atoms with Crippen LogP contribution in [0.25, 0.3) is 0 Å². The van der Waals surface area contributed by atoms with Gasteiger partial charge in [0.1, 0.15) is 4.88 Å². The van der Waals surface area contributed by atoms with Crippen molar-refractivity contribution < 1.29 is 22.7 Å². The summed E-state index contributed by atoms with van der Waals surface area (Å²) in [5, 5.41) is 3.10. The highest BCUT2D eigenvalue weighted by Crippen LogP contribution is 2.33. The normalized spacial score (nSPS) is 11.3. The number of methoxy groups -OCH3 is 1. The standard InChI is InChI=1S/C13H11F3N2O2S/c1-7-3-4-8(13(14,15)16)5-9(7)18-12-17-6-10(21-12)11(19)20-2/h3-6H,1-2H3,(H,17,18). The van der Waals surface area contributed by atoms with Crippen LogP contribution in [0.2, 0.25) is 0 Å². The maximum Gasteiger partial charge on any atom is 0.416 e. The third kappa shape index (κ3) is 3.52. The van der Waals surface area contributed by atoms with E-state index < -0.39 is 17.7 Å². The molecule has 0 aliphatic carbocycles. The number of esters is 1. The van der Waals surface area contributed by atoms with Gasteiger partial charge in [0.05, 0.1) is 18.9 Å². The average molecular weight is 316 g/mol. The molecule has 0 radical (unpaired) electrons. The lowest BCUT2D eigenvalue weighted by Gasteiger charge is -2.11. The molecule has 2 aromatic rings. The Kier molecular flexibility index (Phi) is 4.17. The van der Waals surface area contributed by atoms with Crippen LogP contribution in [0.5, 0.6) is 0 Å². The molecule has 1 N–H and O–H groups in total. The van der Waals surface area contributed by atoms with Gasteiger partial charge in [-0.3, -0.25) is 0 Å². The molecule has 0 fully saturated rings. The number of alkyl halides is 3. The number of ether oxygens (including phenoxy) is 1. The second-order valence-electron chi connectivity index (χ2n) is 4.17. The fourth-order valence-corrected chi connectivity index (χ4v) is 2.32. The first-order valence-electron chi connectivity index (χ1n) is 5.80. The molecule has 0 bridgehead atoms. The number of thiazole rings is 1. The molecule has 112 valence electrons. The molecule has 0 aliphatic rings. The zero-order chi connectivity index (χ0) is 15.6. The Morgan fingerprint density at radius 3 is 2.71 bits per heavy atom. The van der Waals surface area contributed by atoms with Gasteiger partial charge in [-0.1, -0.05) is 17.4 Å². The zero-order valence-electron chi connectivity index (χ0n) is 11.1. The first kappa shape index (κ1) is 15.3. The summed E-state index contributed by atoms with van der Waals surface area (Å²) in [6.45, 7) is 1.68. The average Bonchev–Trinajstić information content (AvgIpc) is 2.87. The lowest BCUT2D eigenvalue weighted by atomic mass is 10.1. The predicted molar refractivity (Wildman–Crippen MR) is 72.9 cm³/mol. The third-order valence-electron chi connectivity index (χ3n) is 2.70. The maximum atomic E-state index is 12.7. The Labute approximate surface area is 122 Å². The number of nitrogens with zero attached hydrogens (tertiary/aromatic N) is 1. The summed E-state index contributed by atoms with van der Waals surface area (Å²) in [6.07, 6.45) is -3.11. The van der Waals surface area contributed by atoms with E-state index in [0.717, 1.165) is 23.5 Å². The van der Waals surface area contributed by atoms with Gasteiger partial charge in [-0.2, -0.15) is 13.2 Å². The number of carbonyl (C=O) groups excluding carboxylic acids is 1. The van der Waals surface area contributed by atoms with Crippen LogP contribution in [0.4, 0.5) is 24.0 Å². The van der Waals surface area contributed by atoms with Crippen molar-refractivity contribution in [1.29, 1.82) is 0 Å². The number of halogens is 3. The predicted octanol–water partition coefficient (Wildman–Crippen LogP) is 4.00. The third-order valence-corrected chi connectivity index (χ3v) is 3.59. The van der Waals surface area contributed by atoms with Gasteiger partial charge in [0.15, 0.2) is 5.13 Å². The molecule has 4 nitrogen and oxygen atoms in total. The van der Waals surface area contributed by atoms with E-state index >= 15 is 0 Å². The molecule has 0 atom stereocenters. The molecule has 21 heavy (non-hydrogen) atoms. The van der Waals surface area contributed by atoms with Crippen molar-refractivity contribution in [2.75, 3.05) is 12.4 Å². The second kappa shape index (κ2) is 5.72. The van der Waals surface area contributed by atoms with Crippen molar-refractivity contribution in [3.63, 3.8) is 0 Å². The molecule has 0 saturated heterocycles. The topological polar surface area (TPSA) is 51.2 Å². The number of anilines is 2. The van der Waals surface area contributed by atoms with E-state index in [1.54, 1.807) is 6.92 Å². The molecular weight excluding hydrogens is 305 g/mol. The van der Waals surface area contributed by atoms with Crippen molar-refractivity contribution in [2.45, 2.75) is 13.1 Å². The number of hydrogen-bond acceptors (Lipinski definition) is 5. The van der Waals surface area contributed by atoms with E-state index in [0.29, 0.717) is 10.7 Å². The van der Waals surface area contributed by atoms with Gasteiger partial charge in [0.25, 0.3) is 0 Å². The molecule has 0 spiro atoms. The summed E-state index contributed by atoms with van der Waals surface area (Å²) in [6, 6.07) is 3.40. The minimum Gasteiger partial charge on any atom is -0.465 e. The second-order valence-corrected chi connectivity index (χ2v) is 5.20. The van der Waals surface area contributed by atoms with Gasteiger partial charge in [-0.15, -0.1) is 0 Å². The Balaban J connectivity index is 2.27. The molecule has 2 rings (SSSR count). The first-order chi connectivity index (χ1) is 9.81. The van der Waals surface area contributed by atoms with Gasteiger partial charge in [-0.05, 0) is 24.6 Å². The van der Waals surface area contributed by atoms with Crippen molar-refractivity contribution in [1.82, 2.24) is 4.98 Å². The minimum absolute atomic E-state index is 0.268. The molecule has 1 aromatic carbocycles. The number of benzene rings is 1. The number of carbonyl (C=O) groups is 1. The molecular formula is C13H11F3N2O2S. The van der Waals surface area contributed by atoms with E-state index in [4.69, 9.17) is 0 Å². The summed E-state index contributed by atoms with van der Waals surface area (Å²) in [4.78, 5) is 15.5. The Morgan fingerprint density at radius 1 is 1.38 bits per heavy atom. The highest BCUT2D eigenvalue weighted by molar-refractivity contribution is 7.17. The van der Waals surface area contributed by atoms with E-state index in [1.807, 2.05) is 0 Å². The maximum absolute atomic E-state index is 12.7. The van der Waals surface area contributed by atoms with Gasteiger partial charge >= 0.3 is 12.1 Å². The van der Waals surface area contributed by atoms with Crippen LogP contribution in [0.15, 0.2) is 24.4 Å². The molecule has 0 amide bonds. The highest BCUT2D eigenvalue weighted by Gasteiger charge is 2.30. The van der Waals surface area contributed by atoms with Crippen LogP contribution in [-0.2, 0) is 10.9 Å². The number of hydrogen-bond donors (Lipinski definition) is 1. The molecule has 1 heterocycles. The van der Waals surface area contributed by atoms with Crippen LogP contribution in [-0.4, -0.2) is 18.1 Å². The monoisotopic (exact) mass is 316 g/mol. The zero-order valence-corrected chi connectivity index (χ0v) is 11.9. The number of nitrogens with one attached hydrogen (secondary N) is 1. The minimum atomic E-state index is -4.41. The fraction of sp³-hybridized carbons (Fsp3) is 0.231. The Bertz CT molecular complexity index is 668. The van der Waals surface area contributed by atoms with Crippen molar-refractivity contribution in [3.05, 3.63) is 40.4 Å². The lowest BCUT2D eigenvalue weighted by Crippen LogP contribution is -2.06. The van der Waals surface area contributed by atoms with Crippen LogP contribution >= 0.6 is 11.3 Å². The molecule has 0 saturated carbocycles. The summed E-state index contributed by atoms with van der Waals surface area (Å²) in [5.74, 6) is -0.540. The largest absolute Gasteiger partial charge is 0.465 e. The smallest absolute Gasteiger partial charge is 0.416 e. The van der Waals surface area contributed by atoms with Gasteiger partial charge < -0.3 is 10.1 Å². The quantitative estimate of drug-likeness (QED) is 0.870. The van der Waals surface area contributed by atoms with E-state index in [9.17, 15) is 18.0 Å². The van der Waals surface area contributed by atoms with E-state index in [2.05, 4.69) is 15.0 Å². The van der Waals surface area contributed by atoms with Crippen LogP contribution in [0.1, 0.15) is 20.8 Å². The molecule has 8 heteroatoms. The van der Waals surface area contributed by atoms with Gasteiger partial charge in [0.2, 0.25) is 0 Å². The Hall–Kier alpha value is -2.09. The number of aromatic nitrogens is 1. The summed E-state index contributed by atoms with van der Waals surface area (Å²) in [5.41, 5.74) is 0.175. The first-order valence-corrected chi connectivity index (χ1v) is 6.62. The number of aryl methyl sites for hydroxylation is 1. The van der Waals surface area contributed by atoms with Crippen molar-refractivity contribution in [3.8, 4) is 0 Å². The lowest BCUT2D eigenvalue weighted by molar-refractivity contribution is -0.137. The van der Waals surface area contributed by atoms with Crippen LogP contribution in [0.3, 0.4) is 0 Å². The highest BCUT2D eigenvalue weighted by atomic mass is 32.1. The summed E-state index contributed by atoms with van der Waals surface area (Å²) in [7, 11) is 1.24. The van der Waals surface area contributed by atoms with Gasteiger partial charge in [0, 0.05) is 5.69 Å². The van der Waals surface area contributed by atoms with Crippen LogP contribution < -0.4 is 5.32 Å². The van der Waals surface area contributed by atoms with Crippen molar-refractivity contribution in [2.24, 2.45) is 0 Å². The number of rotatable bonds is 3. The fourth-order valence-electron chi connectivity index (χ4n) is 1.58.